The van der Waals surface area contributed by atoms with Crippen LogP contribution in [0.2, 0.25) is 0 Å². The Bertz CT molecular complexity index is 1160. The molecule has 1 aromatic heterocycles. The molecule has 0 unspecified atom stereocenters. The van der Waals surface area contributed by atoms with Crippen LogP contribution in [0.15, 0.2) is 30.5 Å². The Morgan fingerprint density at radius 2 is 2.10 bits per heavy atom. The summed E-state index contributed by atoms with van der Waals surface area (Å²) in [5, 5.41) is 12.8. The van der Waals surface area contributed by atoms with Crippen molar-refractivity contribution in [3.63, 3.8) is 0 Å². The lowest BCUT2D eigenvalue weighted by Crippen LogP contribution is -2.63. The van der Waals surface area contributed by atoms with Crippen LogP contribution < -0.4 is 10.4 Å². The van der Waals surface area contributed by atoms with Crippen LogP contribution in [0.5, 0.6) is 0 Å². The monoisotopic (exact) mass is 415 g/mol. The minimum absolute atomic E-state index is 0.0273. The molecule has 0 spiro atoms. The van der Waals surface area contributed by atoms with Gasteiger partial charge in [0, 0.05) is 35.2 Å². The van der Waals surface area contributed by atoms with Crippen molar-refractivity contribution in [2.45, 2.75) is 38.8 Å². The van der Waals surface area contributed by atoms with Crippen molar-refractivity contribution in [1.29, 1.82) is 0 Å². The minimum Gasteiger partial charge on any atom is -0.452 e. The standard InChI is InChI=1S/C22H23F2N3O3/c1-11-10-25-20-12(11)6-5-7-13(20)18-15(23)9-16-14(19(18)24)8-17(28)22(2,3)27(16)26-21(29)30-4/h5-7,9-10,17,25,28H,8H2,1-4H3,(H,26,29)/t17-/m0/s1. The first-order valence-electron chi connectivity index (χ1n) is 9.57. The second kappa shape index (κ2) is 6.98. The minimum atomic E-state index is -1.02. The molecule has 0 fully saturated rings. The number of anilines is 1. The maximum atomic E-state index is 15.7. The average molecular weight is 415 g/mol. The van der Waals surface area contributed by atoms with E-state index in [0.717, 1.165) is 10.9 Å². The SMILES string of the molecule is COC(=O)NN1c2cc(F)c(-c3cccc4c(C)c[nH]c34)c(F)c2C[C@H](O)C1(C)C. The molecule has 0 aliphatic carbocycles. The highest BCUT2D eigenvalue weighted by molar-refractivity contribution is 5.96. The molecular weight excluding hydrogens is 392 g/mol. The molecule has 3 aromatic rings. The molecule has 0 saturated heterocycles. The number of nitrogens with one attached hydrogen (secondary N) is 2. The number of ether oxygens (including phenoxy) is 1. The lowest BCUT2D eigenvalue weighted by Gasteiger charge is -2.47. The number of halogens is 2. The zero-order valence-corrected chi connectivity index (χ0v) is 17.1. The van der Waals surface area contributed by atoms with E-state index in [-0.39, 0.29) is 23.2 Å². The normalized spacial score (nSPS) is 17.7. The Kier molecular flexibility index (Phi) is 4.69. The van der Waals surface area contributed by atoms with Crippen molar-refractivity contribution in [3.8, 4) is 11.1 Å². The summed E-state index contributed by atoms with van der Waals surface area (Å²) in [6.07, 6.45) is -0.0601. The van der Waals surface area contributed by atoms with Gasteiger partial charge in [0.25, 0.3) is 0 Å². The Morgan fingerprint density at radius 3 is 2.80 bits per heavy atom. The third-order valence-electron chi connectivity index (χ3n) is 5.91. The number of H-pyrrole nitrogens is 1. The van der Waals surface area contributed by atoms with Gasteiger partial charge in [-0.25, -0.2) is 19.0 Å². The van der Waals surface area contributed by atoms with E-state index in [1.54, 1.807) is 32.2 Å². The molecule has 0 bridgehead atoms. The number of fused-ring (bicyclic) bond motifs is 2. The number of hydrogen-bond donors (Lipinski definition) is 3. The Balaban J connectivity index is 1.94. The van der Waals surface area contributed by atoms with Crippen LogP contribution in [0, 0.1) is 18.6 Å². The van der Waals surface area contributed by atoms with E-state index in [4.69, 9.17) is 0 Å². The fourth-order valence-electron chi connectivity index (χ4n) is 4.03. The van der Waals surface area contributed by atoms with Crippen molar-refractivity contribution in [2.75, 3.05) is 12.1 Å². The Hall–Kier alpha value is -3.13. The molecule has 0 saturated carbocycles. The van der Waals surface area contributed by atoms with E-state index in [9.17, 15) is 9.90 Å². The zero-order chi connectivity index (χ0) is 21.8. The largest absolute Gasteiger partial charge is 0.452 e. The van der Waals surface area contributed by atoms with E-state index < -0.39 is 29.4 Å². The van der Waals surface area contributed by atoms with Gasteiger partial charge in [-0.15, -0.1) is 0 Å². The third-order valence-corrected chi connectivity index (χ3v) is 5.91. The van der Waals surface area contributed by atoms with Crippen LogP contribution in [0.1, 0.15) is 25.0 Å². The number of carbonyl (C=O) groups is 1. The van der Waals surface area contributed by atoms with Gasteiger partial charge in [-0.3, -0.25) is 5.01 Å². The second-order valence-corrected chi connectivity index (χ2v) is 8.06. The molecule has 0 radical (unpaired) electrons. The molecular formula is C22H23F2N3O3. The van der Waals surface area contributed by atoms with Gasteiger partial charge in [-0.1, -0.05) is 18.2 Å². The number of methoxy groups -OCH3 is 1. The van der Waals surface area contributed by atoms with Crippen LogP contribution in [-0.2, 0) is 11.2 Å². The van der Waals surface area contributed by atoms with E-state index in [2.05, 4.69) is 15.1 Å². The fourth-order valence-corrected chi connectivity index (χ4v) is 4.03. The number of para-hydroxylation sites is 1. The van der Waals surface area contributed by atoms with Gasteiger partial charge in [0.05, 0.1) is 35.5 Å². The van der Waals surface area contributed by atoms with Crippen molar-refractivity contribution >= 4 is 22.7 Å². The number of nitrogens with zero attached hydrogens (tertiary/aromatic N) is 1. The van der Waals surface area contributed by atoms with Crippen LogP contribution in [0.4, 0.5) is 19.3 Å². The first-order valence-corrected chi connectivity index (χ1v) is 9.57. The average Bonchev–Trinajstić information content (AvgIpc) is 3.08. The van der Waals surface area contributed by atoms with Crippen molar-refractivity contribution in [3.05, 3.63) is 53.2 Å². The summed E-state index contributed by atoms with van der Waals surface area (Å²) in [5.41, 5.74) is 3.53. The van der Waals surface area contributed by atoms with Gasteiger partial charge in [-0.2, -0.15) is 0 Å². The molecule has 4 rings (SSSR count). The van der Waals surface area contributed by atoms with Crippen molar-refractivity contribution in [1.82, 2.24) is 10.4 Å². The highest BCUT2D eigenvalue weighted by Gasteiger charge is 2.43. The quantitative estimate of drug-likeness (QED) is 0.586. The summed E-state index contributed by atoms with van der Waals surface area (Å²) in [5.74, 6) is -1.54. The van der Waals surface area contributed by atoms with Gasteiger partial charge < -0.3 is 14.8 Å². The predicted octanol–water partition coefficient (Wildman–Crippen LogP) is 4.19. The number of benzene rings is 2. The number of aliphatic hydroxyl groups is 1. The number of hydrogen-bond acceptors (Lipinski definition) is 4. The molecule has 8 heteroatoms. The first-order chi connectivity index (χ1) is 14.2. The number of rotatable bonds is 2. The van der Waals surface area contributed by atoms with E-state index >= 15 is 8.78 Å². The summed E-state index contributed by atoms with van der Waals surface area (Å²) in [7, 11) is 1.19. The Morgan fingerprint density at radius 1 is 1.37 bits per heavy atom. The number of aliphatic hydroxyl groups excluding tert-OH is 1. The Labute approximate surface area is 172 Å². The maximum Gasteiger partial charge on any atom is 0.425 e. The van der Waals surface area contributed by atoms with E-state index in [0.29, 0.717) is 11.1 Å². The summed E-state index contributed by atoms with van der Waals surface area (Å²) >= 11 is 0. The van der Waals surface area contributed by atoms with Gasteiger partial charge >= 0.3 is 6.09 Å². The van der Waals surface area contributed by atoms with E-state index in [1.807, 2.05) is 13.0 Å². The summed E-state index contributed by atoms with van der Waals surface area (Å²) in [4.78, 5) is 14.9. The van der Waals surface area contributed by atoms with Gasteiger partial charge in [0.1, 0.15) is 11.6 Å². The number of aromatic nitrogens is 1. The van der Waals surface area contributed by atoms with Crippen molar-refractivity contribution in [2.24, 2.45) is 0 Å². The summed E-state index contributed by atoms with van der Waals surface area (Å²) in [6, 6.07) is 6.47. The molecule has 1 aliphatic heterocycles. The molecule has 158 valence electrons. The van der Waals surface area contributed by atoms with E-state index in [1.165, 1.54) is 18.2 Å². The number of hydrazine groups is 1. The highest BCUT2D eigenvalue weighted by Crippen LogP contribution is 2.42. The predicted molar refractivity (Wildman–Crippen MR) is 110 cm³/mol. The first kappa shape index (κ1) is 20.2. The second-order valence-electron chi connectivity index (χ2n) is 8.06. The zero-order valence-electron chi connectivity index (χ0n) is 17.1. The molecule has 6 nitrogen and oxygen atoms in total. The third kappa shape index (κ3) is 2.90. The van der Waals surface area contributed by atoms with Gasteiger partial charge in [-0.05, 0) is 26.3 Å². The molecule has 2 heterocycles. The number of carbonyl (C=O) groups excluding carboxylic acids is 1. The highest BCUT2D eigenvalue weighted by atomic mass is 19.1. The lowest BCUT2D eigenvalue weighted by atomic mass is 9.83. The number of aryl methyl sites for hydroxylation is 1. The number of amides is 1. The molecule has 1 aliphatic rings. The number of aromatic amines is 1. The van der Waals surface area contributed by atoms with Crippen molar-refractivity contribution < 1.29 is 23.4 Å². The molecule has 30 heavy (non-hydrogen) atoms. The topological polar surface area (TPSA) is 77.6 Å². The van der Waals surface area contributed by atoms with Gasteiger partial charge in [0.15, 0.2) is 0 Å². The van der Waals surface area contributed by atoms with Crippen LogP contribution in [0.3, 0.4) is 0 Å². The maximum absolute atomic E-state index is 15.7. The summed E-state index contributed by atoms with van der Waals surface area (Å²) < 4.78 is 35.7. The summed E-state index contributed by atoms with van der Waals surface area (Å²) in [6.45, 7) is 5.25. The van der Waals surface area contributed by atoms with Crippen LogP contribution in [-0.4, -0.2) is 34.9 Å². The fraction of sp³-hybridized carbons (Fsp3) is 0.318. The van der Waals surface area contributed by atoms with Crippen LogP contribution in [0.25, 0.3) is 22.0 Å². The smallest absolute Gasteiger partial charge is 0.425 e. The van der Waals surface area contributed by atoms with Crippen LogP contribution >= 0.6 is 0 Å². The lowest BCUT2D eigenvalue weighted by molar-refractivity contribution is 0.0811. The van der Waals surface area contributed by atoms with Gasteiger partial charge in [0.2, 0.25) is 0 Å². The molecule has 1 atom stereocenters. The molecule has 3 N–H and O–H groups in total. The molecule has 1 amide bonds. The molecule has 2 aromatic carbocycles.